The molecule has 3 atom stereocenters. The van der Waals surface area contributed by atoms with Gasteiger partial charge in [-0.05, 0) is 79.6 Å². The van der Waals surface area contributed by atoms with E-state index in [2.05, 4.69) is 55.8 Å². The van der Waals surface area contributed by atoms with E-state index in [0.29, 0.717) is 0 Å². The predicted octanol–water partition coefficient (Wildman–Crippen LogP) is 6.61. The van der Waals surface area contributed by atoms with Gasteiger partial charge in [0.1, 0.15) is 5.75 Å². The van der Waals surface area contributed by atoms with Crippen molar-refractivity contribution in [3.05, 3.63) is 83.9 Å². The van der Waals surface area contributed by atoms with Gasteiger partial charge in [0.05, 0.1) is 23.1 Å². The molecule has 0 bridgehead atoms. The van der Waals surface area contributed by atoms with Crippen LogP contribution >= 0.6 is 0 Å². The number of alkyl halides is 2. The van der Waals surface area contributed by atoms with E-state index in [4.69, 9.17) is 14.0 Å². The lowest BCUT2D eigenvalue weighted by Crippen LogP contribution is -2.40. The Morgan fingerprint density at radius 1 is 0.929 bits per heavy atom. The van der Waals surface area contributed by atoms with Crippen molar-refractivity contribution in [1.29, 1.82) is 0 Å². The second-order valence-electron chi connectivity index (χ2n) is 11.7. The normalized spacial score (nSPS) is 23.4. The molecule has 2 aliphatic rings. The van der Waals surface area contributed by atoms with E-state index < -0.39 is 38.0 Å². The number of carbonyl (C=O) groups is 1. The Balaban J connectivity index is 1.50. The van der Waals surface area contributed by atoms with Crippen LogP contribution in [0.2, 0.25) is 0 Å². The number of hydrogen-bond acceptors (Lipinski definition) is 6. The van der Waals surface area contributed by atoms with Crippen molar-refractivity contribution in [1.82, 2.24) is 0 Å². The molecule has 3 aromatic rings. The standard InChI is InChI=1S/C31H32F2O7S2/c1-29(2,3)20-11-15-23(16-12-20)41(24-17-13-22(14-18-24)38-28(34)31(32,33)42(35,36)37)25-8-5-7-21(19-25)30(4)39-26-9-6-10-27(26)40-30/h5,7-8,11-19,26-27H,6,9-10H2,1-4H3/p+1. The summed E-state index contributed by atoms with van der Waals surface area (Å²) in [5.41, 5.74) is 2.00. The molecule has 1 saturated heterocycles. The van der Waals surface area contributed by atoms with Crippen LogP contribution in [-0.4, -0.2) is 36.4 Å². The molecule has 11 heteroatoms. The number of benzene rings is 3. The van der Waals surface area contributed by atoms with Crippen molar-refractivity contribution in [2.45, 2.75) is 90.3 Å². The molecule has 2 fully saturated rings. The topological polar surface area (TPSA) is 99.1 Å². The van der Waals surface area contributed by atoms with Gasteiger partial charge in [-0.3, -0.25) is 4.55 Å². The van der Waals surface area contributed by atoms with Gasteiger partial charge in [0.25, 0.3) is 0 Å². The van der Waals surface area contributed by atoms with Crippen LogP contribution < -0.4 is 4.74 Å². The smallest absolute Gasteiger partial charge is 0.421 e. The van der Waals surface area contributed by atoms with Gasteiger partial charge in [-0.1, -0.05) is 45.0 Å². The second kappa shape index (κ2) is 11.0. The van der Waals surface area contributed by atoms with Crippen LogP contribution in [0, 0.1) is 0 Å². The number of carbonyl (C=O) groups excluding carboxylic acids is 1. The van der Waals surface area contributed by atoms with E-state index >= 15 is 0 Å². The molecule has 1 N–H and O–H groups in total. The summed E-state index contributed by atoms with van der Waals surface area (Å²) in [6, 6.07) is 22.2. The second-order valence-corrected chi connectivity index (χ2v) is 15.1. The molecule has 7 nitrogen and oxygen atoms in total. The highest BCUT2D eigenvalue weighted by molar-refractivity contribution is 7.97. The van der Waals surface area contributed by atoms with Crippen LogP contribution in [0.5, 0.6) is 5.75 Å². The number of halogens is 2. The molecule has 3 unspecified atom stereocenters. The predicted molar refractivity (Wildman–Crippen MR) is 153 cm³/mol. The van der Waals surface area contributed by atoms with Crippen LogP contribution in [0.1, 0.15) is 58.1 Å². The van der Waals surface area contributed by atoms with Gasteiger partial charge in [-0.25, -0.2) is 4.79 Å². The van der Waals surface area contributed by atoms with E-state index in [1.165, 1.54) is 12.1 Å². The zero-order valence-electron chi connectivity index (χ0n) is 23.7. The van der Waals surface area contributed by atoms with E-state index in [1.807, 2.05) is 25.1 Å². The molecule has 0 radical (unpaired) electrons. The molecule has 1 heterocycles. The number of esters is 1. The largest absolute Gasteiger partial charge is 0.466 e. The van der Waals surface area contributed by atoms with Gasteiger partial charge < -0.3 is 14.2 Å². The van der Waals surface area contributed by atoms with Crippen molar-refractivity contribution >= 4 is 27.0 Å². The highest BCUT2D eigenvalue weighted by Gasteiger charge is 2.54. The Kier molecular flexibility index (Phi) is 8.04. The van der Waals surface area contributed by atoms with Crippen molar-refractivity contribution in [3.63, 3.8) is 0 Å². The van der Waals surface area contributed by atoms with Crippen molar-refractivity contribution in [2.75, 3.05) is 0 Å². The van der Waals surface area contributed by atoms with Gasteiger partial charge in [0.2, 0.25) is 0 Å². The van der Waals surface area contributed by atoms with Crippen LogP contribution in [0.4, 0.5) is 8.78 Å². The molecule has 1 aliphatic carbocycles. The maximum atomic E-state index is 13.7. The maximum Gasteiger partial charge on any atom is 0.466 e. The molecule has 5 rings (SSSR count). The summed E-state index contributed by atoms with van der Waals surface area (Å²) in [4.78, 5) is 14.5. The molecule has 224 valence electrons. The first-order valence-electron chi connectivity index (χ1n) is 13.6. The molecular weight excluding hydrogens is 586 g/mol. The fourth-order valence-corrected chi connectivity index (χ4v) is 7.57. The molecule has 0 amide bonds. The van der Waals surface area contributed by atoms with E-state index in [0.717, 1.165) is 45.1 Å². The summed E-state index contributed by atoms with van der Waals surface area (Å²) in [5, 5.41) is -5.09. The number of fused-ring (bicyclic) bond motifs is 1. The van der Waals surface area contributed by atoms with Crippen molar-refractivity contribution < 1.29 is 40.8 Å². The zero-order chi connectivity index (χ0) is 30.5. The van der Waals surface area contributed by atoms with Gasteiger partial charge >= 0.3 is 21.3 Å². The highest BCUT2D eigenvalue weighted by atomic mass is 32.2. The molecule has 42 heavy (non-hydrogen) atoms. The van der Waals surface area contributed by atoms with E-state index in [1.54, 1.807) is 12.1 Å². The van der Waals surface area contributed by atoms with Crippen LogP contribution in [0.3, 0.4) is 0 Å². The first-order chi connectivity index (χ1) is 19.6. The first kappa shape index (κ1) is 30.6. The fourth-order valence-electron chi connectivity index (χ4n) is 5.22. The highest BCUT2D eigenvalue weighted by Crippen LogP contribution is 2.45. The van der Waals surface area contributed by atoms with E-state index in [-0.39, 0.29) is 23.4 Å². The first-order valence-corrected chi connectivity index (χ1v) is 16.2. The number of hydrogen-bond donors (Lipinski definition) is 1. The molecular formula is C31H33F2O7S2+. The maximum absolute atomic E-state index is 13.7. The Labute approximate surface area is 247 Å². The molecule has 1 aliphatic heterocycles. The monoisotopic (exact) mass is 619 g/mol. The van der Waals surface area contributed by atoms with Crippen molar-refractivity contribution in [2.24, 2.45) is 0 Å². The minimum Gasteiger partial charge on any atom is -0.421 e. The average molecular weight is 620 g/mol. The van der Waals surface area contributed by atoms with Gasteiger partial charge in [-0.2, -0.15) is 17.2 Å². The van der Waals surface area contributed by atoms with E-state index in [9.17, 15) is 22.0 Å². The molecule has 1 saturated carbocycles. The summed E-state index contributed by atoms with van der Waals surface area (Å²) in [6.07, 6.45) is 3.17. The lowest BCUT2D eigenvalue weighted by atomic mass is 9.87. The minimum atomic E-state index is -5.98. The van der Waals surface area contributed by atoms with Gasteiger partial charge in [0, 0.05) is 11.6 Å². The summed E-state index contributed by atoms with van der Waals surface area (Å²) >= 11 is 0. The quantitative estimate of drug-likeness (QED) is 0.138. The Bertz CT molecular complexity index is 1550. The lowest BCUT2D eigenvalue weighted by molar-refractivity contribution is -0.174. The summed E-state index contributed by atoms with van der Waals surface area (Å²) in [5.74, 6) is -3.57. The van der Waals surface area contributed by atoms with Crippen LogP contribution in [0.15, 0.2) is 87.5 Å². The van der Waals surface area contributed by atoms with Crippen molar-refractivity contribution in [3.8, 4) is 5.75 Å². The number of rotatable bonds is 7. The fraction of sp³-hybridized carbons (Fsp3) is 0.387. The Morgan fingerprint density at radius 2 is 1.48 bits per heavy atom. The molecule has 0 aromatic heterocycles. The zero-order valence-corrected chi connectivity index (χ0v) is 25.3. The SMILES string of the molecule is CC(C)(C)c1ccc([S+](c2ccc(OC(=O)C(F)(F)S(=O)(=O)O)cc2)c2cccc(C3(C)OC4CCCC4O3)c2)cc1. The summed E-state index contributed by atoms with van der Waals surface area (Å²) in [6.45, 7) is 8.34. The molecule has 3 aromatic carbocycles. The average Bonchev–Trinajstić information content (AvgIpc) is 3.48. The summed E-state index contributed by atoms with van der Waals surface area (Å²) in [7, 11) is -6.65. The summed E-state index contributed by atoms with van der Waals surface area (Å²) < 4.78 is 75.3. The lowest BCUT2D eigenvalue weighted by Gasteiger charge is -2.25. The third-order valence-corrected chi connectivity index (χ3v) is 10.6. The molecule has 0 spiro atoms. The Hall–Kier alpha value is -2.83. The van der Waals surface area contributed by atoms with Gasteiger partial charge in [0.15, 0.2) is 20.5 Å². The Morgan fingerprint density at radius 3 is 2.00 bits per heavy atom. The third kappa shape index (κ3) is 5.98. The van der Waals surface area contributed by atoms with Crippen LogP contribution in [0.25, 0.3) is 0 Å². The number of ether oxygens (including phenoxy) is 3. The van der Waals surface area contributed by atoms with Gasteiger partial charge in [-0.15, -0.1) is 0 Å². The van der Waals surface area contributed by atoms with Crippen LogP contribution in [-0.2, 0) is 46.5 Å². The minimum absolute atomic E-state index is 0.0451. The third-order valence-electron chi connectivity index (χ3n) is 7.53.